The SMILES string of the molecule is Cc1cc(CN(C)CC2CCCO2)oc1CNC(C)(C)C. The molecular formula is C17H30N2O2. The molecular weight excluding hydrogens is 264 g/mol. The molecule has 0 bridgehead atoms. The molecule has 1 aromatic heterocycles. The van der Waals surface area contributed by atoms with Crippen LogP contribution in [0, 0.1) is 6.92 Å². The van der Waals surface area contributed by atoms with Crippen LogP contribution in [0.5, 0.6) is 0 Å². The molecule has 4 heteroatoms. The highest BCUT2D eigenvalue weighted by Gasteiger charge is 2.19. The molecule has 1 aromatic rings. The molecule has 4 nitrogen and oxygen atoms in total. The summed E-state index contributed by atoms with van der Waals surface area (Å²) < 4.78 is 11.7. The Kier molecular flexibility index (Phi) is 5.47. The number of furan rings is 1. The van der Waals surface area contributed by atoms with E-state index in [4.69, 9.17) is 9.15 Å². The summed E-state index contributed by atoms with van der Waals surface area (Å²) in [4.78, 5) is 2.29. The fourth-order valence-electron chi connectivity index (χ4n) is 2.66. The standard InChI is InChI=1S/C17H30N2O2/c1-13-9-15(21-16(13)10-18-17(2,3)4)12-19(5)11-14-7-6-8-20-14/h9,14,18H,6-8,10-12H2,1-5H3. The van der Waals surface area contributed by atoms with E-state index in [1.54, 1.807) is 0 Å². The minimum atomic E-state index is 0.107. The molecule has 0 radical (unpaired) electrons. The third-order valence-corrected chi connectivity index (χ3v) is 3.82. The van der Waals surface area contributed by atoms with Gasteiger partial charge in [0.25, 0.3) is 0 Å². The molecule has 1 saturated heterocycles. The Bertz CT molecular complexity index is 442. The van der Waals surface area contributed by atoms with Crippen LogP contribution >= 0.6 is 0 Å². The Labute approximate surface area is 128 Å². The topological polar surface area (TPSA) is 37.6 Å². The molecule has 120 valence electrons. The third-order valence-electron chi connectivity index (χ3n) is 3.82. The first-order valence-corrected chi connectivity index (χ1v) is 7.97. The maximum Gasteiger partial charge on any atom is 0.120 e. The van der Waals surface area contributed by atoms with Crippen molar-refractivity contribution in [3.63, 3.8) is 0 Å². The smallest absolute Gasteiger partial charge is 0.120 e. The van der Waals surface area contributed by atoms with Gasteiger partial charge in [-0.3, -0.25) is 4.90 Å². The van der Waals surface area contributed by atoms with Gasteiger partial charge in [0, 0.05) is 18.7 Å². The average Bonchev–Trinajstić information content (AvgIpc) is 2.96. The maximum absolute atomic E-state index is 6.00. The fourth-order valence-corrected chi connectivity index (χ4v) is 2.66. The third kappa shape index (κ3) is 5.46. The first kappa shape index (κ1) is 16.5. The van der Waals surface area contributed by atoms with Crippen LogP contribution in [-0.4, -0.2) is 36.7 Å². The zero-order valence-corrected chi connectivity index (χ0v) is 14.2. The maximum atomic E-state index is 6.00. The van der Waals surface area contributed by atoms with Gasteiger partial charge in [0.15, 0.2) is 0 Å². The van der Waals surface area contributed by atoms with E-state index in [9.17, 15) is 0 Å². The lowest BCUT2D eigenvalue weighted by molar-refractivity contribution is 0.0773. The van der Waals surface area contributed by atoms with Gasteiger partial charge in [0.1, 0.15) is 11.5 Å². The lowest BCUT2D eigenvalue weighted by atomic mass is 10.1. The Morgan fingerprint density at radius 2 is 2.14 bits per heavy atom. The highest BCUT2D eigenvalue weighted by molar-refractivity contribution is 5.20. The van der Waals surface area contributed by atoms with Crippen molar-refractivity contribution in [1.82, 2.24) is 10.2 Å². The molecule has 0 saturated carbocycles. The number of hydrogen-bond donors (Lipinski definition) is 1. The van der Waals surface area contributed by atoms with E-state index in [-0.39, 0.29) is 5.54 Å². The normalized spacial score (nSPS) is 19.6. The van der Waals surface area contributed by atoms with Gasteiger partial charge in [-0.1, -0.05) is 0 Å². The number of aryl methyl sites for hydroxylation is 1. The van der Waals surface area contributed by atoms with E-state index < -0.39 is 0 Å². The van der Waals surface area contributed by atoms with Crippen LogP contribution in [0.2, 0.25) is 0 Å². The molecule has 1 aliphatic heterocycles. The predicted molar refractivity (Wildman–Crippen MR) is 85.3 cm³/mol. The van der Waals surface area contributed by atoms with Gasteiger partial charge < -0.3 is 14.5 Å². The quantitative estimate of drug-likeness (QED) is 0.875. The van der Waals surface area contributed by atoms with E-state index in [1.807, 2.05) is 0 Å². The lowest BCUT2D eigenvalue weighted by Gasteiger charge is -2.20. The highest BCUT2D eigenvalue weighted by Crippen LogP contribution is 2.18. The van der Waals surface area contributed by atoms with E-state index in [0.717, 1.165) is 37.8 Å². The summed E-state index contributed by atoms with van der Waals surface area (Å²) in [6.45, 7) is 12.1. The van der Waals surface area contributed by atoms with Crippen LogP contribution in [0.3, 0.4) is 0 Å². The zero-order valence-electron chi connectivity index (χ0n) is 14.2. The van der Waals surface area contributed by atoms with Crippen molar-refractivity contribution in [2.45, 2.75) is 65.3 Å². The van der Waals surface area contributed by atoms with Crippen molar-refractivity contribution in [3.05, 3.63) is 23.2 Å². The molecule has 0 spiro atoms. The molecule has 0 amide bonds. The molecule has 1 N–H and O–H groups in total. The Balaban J connectivity index is 1.85. The number of nitrogens with zero attached hydrogens (tertiary/aromatic N) is 1. The van der Waals surface area contributed by atoms with Crippen LogP contribution in [0.1, 0.15) is 50.7 Å². The molecule has 1 aliphatic rings. The molecule has 0 aliphatic carbocycles. The second kappa shape index (κ2) is 6.95. The number of likely N-dealkylation sites (N-methyl/N-ethyl adjacent to an activating group) is 1. The number of hydrogen-bond acceptors (Lipinski definition) is 4. The molecule has 1 fully saturated rings. The van der Waals surface area contributed by atoms with Gasteiger partial charge in [0.2, 0.25) is 0 Å². The Morgan fingerprint density at radius 1 is 1.38 bits per heavy atom. The first-order chi connectivity index (χ1) is 9.83. The van der Waals surface area contributed by atoms with Crippen LogP contribution in [0.25, 0.3) is 0 Å². The second-order valence-electron chi connectivity index (χ2n) is 7.25. The fraction of sp³-hybridized carbons (Fsp3) is 0.765. The first-order valence-electron chi connectivity index (χ1n) is 7.97. The van der Waals surface area contributed by atoms with Gasteiger partial charge in [0.05, 0.1) is 19.2 Å². The van der Waals surface area contributed by atoms with Crippen LogP contribution < -0.4 is 5.32 Å². The molecule has 21 heavy (non-hydrogen) atoms. The summed E-state index contributed by atoms with van der Waals surface area (Å²) in [5.74, 6) is 2.09. The summed E-state index contributed by atoms with van der Waals surface area (Å²) in [6.07, 6.45) is 2.77. The van der Waals surface area contributed by atoms with Crippen molar-refractivity contribution in [2.75, 3.05) is 20.2 Å². The molecule has 2 heterocycles. The van der Waals surface area contributed by atoms with Crippen molar-refractivity contribution in [3.8, 4) is 0 Å². The van der Waals surface area contributed by atoms with Crippen molar-refractivity contribution in [1.29, 1.82) is 0 Å². The lowest BCUT2D eigenvalue weighted by Crippen LogP contribution is -2.35. The van der Waals surface area contributed by atoms with Gasteiger partial charge in [-0.2, -0.15) is 0 Å². The van der Waals surface area contributed by atoms with Gasteiger partial charge in [-0.25, -0.2) is 0 Å². The Morgan fingerprint density at radius 3 is 2.76 bits per heavy atom. The summed E-state index contributed by atoms with van der Waals surface area (Å²) in [5.41, 5.74) is 1.34. The van der Waals surface area contributed by atoms with Gasteiger partial charge >= 0.3 is 0 Å². The predicted octanol–water partition coefficient (Wildman–Crippen LogP) is 3.09. The number of nitrogens with one attached hydrogen (secondary N) is 1. The summed E-state index contributed by atoms with van der Waals surface area (Å²) in [5, 5.41) is 3.48. The number of rotatable bonds is 6. The van der Waals surface area contributed by atoms with Crippen LogP contribution in [0.15, 0.2) is 10.5 Å². The largest absolute Gasteiger partial charge is 0.463 e. The molecule has 2 rings (SSSR count). The van der Waals surface area contributed by atoms with E-state index >= 15 is 0 Å². The average molecular weight is 294 g/mol. The van der Waals surface area contributed by atoms with Crippen molar-refractivity contribution >= 4 is 0 Å². The minimum absolute atomic E-state index is 0.107. The summed E-state index contributed by atoms with van der Waals surface area (Å²) in [6, 6.07) is 2.16. The van der Waals surface area contributed by atoms with Crippen LogP contribution in [-0.2, 0) is 17.8 Å². The Hall–Kier alpha value is -0.840. The van der Waals surface area contributed by atoms with E-state index in [0.29, 0.717) is 6.10 Å². The summed E-state index contributed by atoms with van der Waals surface area (Å²) in [7, 11) is 2.13. The van der Waals surface area contributed by atoms with Crippen LogP contribution in [0.4, 0.5) is 0 Å². The second-order valence-corrected chi connectivity index (χ2v) is 7.25. The van der Waals surface area contributed by atoms with Crippen molar-refractivity contribution in [2.24, 2.45) is 0 Å². The minimum Gasteiger partial charge on any atom is -0.463 e. The molecule has 1 atom stereocenters. The highest BCUT2D eigenvalue weighted by atomic mass is 16.5. The summed E-state index contributed by atoms with van der Waals surface area (Å²) >= 11 is 0. The number of ether oxygens (including phenoxy) is 1. The zero-order chi connectivity index (χ0) is 15.5. The van der Waals surface area contributed by atoms with Gasteiger partial charge in [-0.15, -0.1) is 0 Å². The molecule has 1 unspecified atom stereocenters. The molecule has 0 aromatic carbocycles. The van der Waals surface area contributed by atoms with E-state index in [1.165, 1.54) is 18.4 Å². The monoisotopic (exact) mass is 294 g/mol. The van der Waals surface area contributed by atoms with Crippen molar-refractivity contribution < 1.29 is 9.15 Å². The van der Waals surface area contributed by atoms with Gasteiger partial charge in [-0.05, 0) is 59.2 Å². The van der Waals surface area contributed by atoms with E-state index in [2.05, 4.69) is 51.0 Å².